The summed E-state index contributed by atoms with van der Waals surface area (Å²) in [6.07, 6.45) is 5.36. The number of likely N-dealkylation sites (tertiary alicyclic amines) is 2. The van der Waals surface area contributed by atoms with Gasteiger partial charge in [0.05, 0.1) is 12.6 Å². The molecule has 3 heterocycles. The zero-order valence-electron chi connectivity index (χ0n) is 12.2. The van der Waals surface area contributed by atoms with Crippen LogP contribution in [0.5, 0.6) is 0 Å². The van der Waals surface area contributed by atoms with Gasteiger partial charge in [-0.3, -0.25) is 9.48 Å². The molecule has 0 radical (unpaired) electrons. The van der Waals surface area contributed by atoms with E-state index in [4.69, 9.17) is 5.73 Å². The Bertz CT molecular complexity index is 529. The minimum atomic E-state index is -0.363. The van der Waals surface area contributed by atoms with Crippen LogP contribution in [0.4, 0.5) is 4.79 Å². The molecular weight excluding hydrogens is 270 g/mol. The van der Waals surface area contributed by atoms with E-state index in [9.17, 15) is 9.59 Å². The summed E-state index contributed by atoms with van der Waals surface area (Å²) >= 11 is 0. The number of nitrogens with two attached hydrogens (primary N) is 1. The number of carbonyl (C=O) groups is 2. The van der Waals surface area contributed by atoms with Crippen LogP contribution in [0.3, 0.4) is 0 Å². The Kier molecular flexibility index (Phi) is 3.57. The Labute approximate surface area is 123 Å². The standard InChI is InChI=1S/C14H21N5O2/c1-10(20)19-12(9-18-5-2-4-16-18)7-11-8-17(14(15)21)6-3-13(11)19/h2,4-5,11-13H,3,6-9H2,1H3,(H2,15,21)/t11-,12?,13+/m0/s1. The van der Waals surface area contributed by atoms with Crippen LogP contribution < -0.4 is 5.73 Å². The average Bonchev–Trinajstić information content (AvgIpc) is 3.04. The molecule has 114 valence electrons. The van der Waals surface area contributed by atoms with E-state index in [1.807, 2.05) is 21.8 Å². The highest BCUT2D eigenvalue weighted by molar-refractivity contribution is 5.75. The number of piperidine rings is 1. The van der Waals surface area contributed by atoms with Gasteiger partial charge in [-0.15, -0.1) is 0 Å². The van der Waals surface area contributed by atoms with Crippen molar-refractivity contribution >= 4 is 11.9 Å². The molecule has 2 aliphatic rings. The van der Waals surface area contributed by atoms with Gasteiger partial charge in [-0.1, -0.05) is 0 Å². The molecule has 7 heteroatoms. The first-order valence-corrected chi connectivity index (χ1v) is 7.37. The number of nitrogens with zero attached hydrogens (tertiary/aromatic N) is 4. The van der Waals surface area contributed by atoms with Crippen LogP contribution in [-0.2, 0) is 11.3 Å². The van der Waals surface area contributed by atoms with Crippen molar-refractivity contribution in [3.63, 3.8) is 0 Å². The molecule has 3 rings (SSSR count). The van der Waals surface area contributed by atoms with Gasteiger partial charge >= 0.3 is 6.03 Å². The molecule has 21 heavy (non-hydrogen) atoms. The number of primary amides is 1. The normalized spacial score (nSPS) is 28.5. The average molecular weight is 291 g/mol. The van der Waals surface area contributed by atoms with Crippen molar-refractivity contribution in [2.24, 2.45) is 11.7 Å². The van der Waals surface area contributed by atoms with Gasteiger partial charge in [0.1, 0.15) is 0 Å². The first-order valence-electron chi connectivity index (χ1n) is 7.37. The fourth-order valence-electron chi connectivity index (χ4n) is 3.83. The van der Waals surface area contributed by atoms with Crippen molar-refractivity contribution in [1.29, 1.82) is 0 Å². The maximum absolute atomic E-state index is 12.0. The molecule has 1 aromatic rings. The van der Waals surface area contributed by atoms with Gasteiger partial charge in [0.25, 0.3) is 0 Å². The maximum atomic E-state index is 12.0. The fraction of sp³-hybridized carbons (Fsp3) is 0.643. The number of urea groups is 1. The molecule has 1 aromatic heterocycles. The van der Waals surface area contributed by atoms with Crippen molar-refractivity contribution in [2.45, 2.75) is 38.4 Å². The molecule has 0 saturated carbocycles. The van der Waals surface area contributed by atoms with Crippen molar-refractivity contribution in [1.82, 2.24) is 19.6 Å². The summed E-state index contributed by atoms with van der Waals surface area (Å²) in [6.45, 7) is 3.61. The summed E-state index contributed by atoms with van der Waals surface area (Å²) in [6, 6.07) is 1.89. The lowest BCUT2D eigenvalue weighted by atomic mass is 9.92. The number of aromatic nitrogens is 2. The van der Waals surface area contributed by atoms with Crippen LogP contribution >= 0.6 is 0 Å². The molecule has 2 N–H and O–H groups in total. The Balaban J connectivity index is 1.76. The predicted octanol–water partition coefficient (Wildman–Crippen LogP) is 0.273. The van der Waals surface area contributed by atoms with E-state index >= 15 is 0 Å². The molecule has 0 aromatic carbocycles. The Morgan fingerprint density at radius 2 is 2.24 bits per heavy atom. The third-order valence-corrected chi connectivity index (χ3v) is 4.65. The van der Waals surface area contributed by atoms with E-state index in [1.165, 1.54) is 0 Å². The van der Waals surface area contributed by atoms with Crippen molar-refractivity contribution < 1.29 is 9.59 Å². The third kappa shape index (κ3) is 2.59. The van der Waals surface area contributed by atoms with Crippen LogP contribution in [-0.4, -0.2) is 56.7 Å². The lowest BCUT2D eigenvalue weighted by Crippen LogP contribution is -2.51. The number of carbonyl (C=O) groups excluding carboxylic acids is 2. The monoisotopic (exact) mass is 291 g/mol. The summed E-state index contributed by atoms with van der Waals surface area (Å²) in [7, 11) is 0. The van der Waals surface area contributed by atoms with Gasteiger partial charge in [0.2, 0.25) is 5.91 Å². The minimum absolute atomic E-state index is 0.104. The minimum Gasteiger partial charge on any atom is -0.351 e. The molecule has 0 aliphatic carbocycles. The predicted molar refractivity (Wildman–Crippen MR) is 76.2 cm³/mol. The SMILES string of the molecule is CC(=O)N1C(Cn2cccn2)C[C@H]2CN(C(N)=O)CC[C@H]21. The van der Waals surface area contributed by atoms with E-state index in [2.05, 4.69) is 5.10 Å². The molecule has 0 spiro atoms. The van der Waals surface area contributed by atoms with Crippen LogP contribution in [0, 0.1) is 5.92 Å². The summed E-state index contributed by atoms with van der Waals surface area (Å²) in [5.41, 5.74) is 5.38. The zero-order valence-corrected chi connectivity index (χ0v) is 12.2. The van der Waals surface area contributed by atoms with Gasteiger partial charge in [-0.05, 0) is 24.8 Å². The molecular formula is C14H21N5O2. The number of amides is 3. The Morgan fingerprint density at radius 1 is 1.43 bits per heavy atom. The summed E-state index contributed by atoms with van der Waals surface area (Å²) in [5, 5.41) is 4.23. The van der Waals surface area contributed by atoms with Gasteiger partial charge in [0.15, 0.2) is 0 Å². The molecule has 0 bridgehead atoms. The highest BCUT2D eigenvalue weighted by Gasteiger charge is 2.45. The van der Waals surface area contributed by atoms with Gasteiger partial charge in [0, 0.05) is 38.4 Å². The highest BCUT2D eigenvalue weighted by atomic mass is 16.2. The van der Waals surface area contributed by atoms with Crippen molar-refractivity contribution in [3.8, 4) is 0 Å². The van der Waals surface area contributed by atoms with Crippen LogP contribution in [0.25, 0.3) is 0 Å². The summed E-state index contributed by atoms with van der Waals surface area (Å²) in [4.78, 5) is 27.1. The number of fused-ring (bicyclic) bond motifs is 1. The van der Waals surface area contributed by atoms with Gasteiger partial charge in [-0.2, -0.15) is 5.10 Å². The Hall–Kier alpha value is -2.05. The Morgan fingerprint density at radius 3 is 2.86 bits per heavy atom. The molecule has 2 saturated heterocycles. The molecule has 3 atom stereocenters. The van der Waals surface area contributed by atoms with E-state index in [0.29, 0.717) is 25.6 Å². The van der Waals surface area contributed by atoms with E-state index < -0.39 is 0 Å². The molecule has 3 amide bonds. The van der Waals surface area contributed by atoms with E-state index in [1.54, 1.807) is 18.0 Å². The lowest BCUT2D eigenvalue weighted by Gasteiger charge is -2.37. The summed E-state index contributed by atoms with van der Waals surface area (Å²) in [5.74, 6) is 0.419. The van der Waals surface area contributed by atoms with Crippen LogP contribution in [0.2, 0.25) is 0 Å². The topological polar surface area (TPSA) is 84.5 Å². The smallest absolute Gasteiger partial charge is 0.314 e. The molecule has 1 unspecified atom stereocenters. The third-order valence-electron chi connectivity index (χ3n) is 4.65. The highest BCUT2D eigenvalue weighted by Crippen LogP contribution is 2.36. The van der Waals surface area contributed by atoms with Gasteiger partial charge < -0.3 is 15.5 Å². The molecule has 7 nitrogen and oxygen atoms in total. The van der Waals surface area contributed by atoms with Crippen molar-refractivity contribution in [2.75, 3.05) is 13.1 Å². The molecule has 2 aliphatic heterocycles. The van der Waals surface area contributed by atoms with E-state index in [-0.39, 0.29) is 24.0 Å². The zero-order chi connectivity index (χ0) is 15.0. The molecule has 2 fully saturated rings. The number of hydrogen-bond donors (Lipinski definition) is 1. The van der Waals surface area contributed by atoms with Gasteiger partial charge in [-0.25, -0.2) is 4.79 Å². The summed E-state index contributed by atoms with van der Waals surface area (Å²) < 4.78 is 1.86. The number of hydrogen-bond acceptors (Lipinski definition) is 3. The second kappa shape index (κ2) is 5.38. The van der Waals surface area contributed by atoms with Crippen LogP contribution in [0.1, 0.15) is 19.8 Å². The maximum Gasteiger partial charge on any atom is 0.314 e. The van der Waals surface area contributed by atoms with Crippen molar-refractivity contribution in [3.05, 3.63) is 18.5 Å². The quantitative estimate of drug-likeness (QED) is 0.849. The largest absolute Gasteiger partial charge is 0.351 e. The van der Waals surface area contributed by atoms with Crippen LogP contribution in [0.15, 0.2) is 18.5 Å². The second-order valence-electron chi connectivity index (χ2n) is 5.94. The lowest BCUT2D eigenvalue weighted by molar-refractivity contribution is -0.132. The van der Waals surface area contributed by atoms with E-state index in [0.717, 1.165) is 12.8 Å². The fourth-order valence-corrected chi connectivity index (χ4v) is 3.83. The number of rotatable bonds is 2. The first-order chi connectivity index (χ1) is 10.1. The second-order valence-corrected chi connectivity index (χ2v) is 5.94. The first kappa shape index (κ1) is 13.9.